The Hall–Kier alpha value is -1.18. The van der Waals surface area contributed by atoms with Crippen LogP contribution in [-0.2, 0) is 19.1 Å². The molecule has 0 saturated heterocycles. The zero-order chi connectivity index (χ0) is 12.4. The first-order chi connectivity index (χ1) is 7.56. The summed E-state index contributed by atoms with van der Waals surface area (Å²) in [5.74, 6) is -2.11. The van der Waals surface area contributed by atoms with Crippen molar-refractivity contribution in [2.24, 2.45) is 0 Å². The molecule has 2 N–H and O–H groups in total. The maximum Gasteiger partial charge on any atom is 0.317 e. The van der Waals surface area contributed by atoms with Gasteiger partial charge in [0.2, 0.25) is 0 Å². The standard InChI is InChI=1S/C9H17NO6/c1-15-4-5-16-3-2-10(6-8(11)12)7-9(13)14/h2-7H2,1H3,(H,11,12)(H,13,14). The molecule has 0 heterocycles. The van der Waals surface area contributed by atoms with Gasteiger partial charge in [-0.05, 0) is 0 Å². The van der Waals surface area contributed by atoms with E-state index < -0.39 is 11.9 Å². The monoisotopic (exact) mass is 235 g/mol. The fourth-order valence-corrected chi connectivity index (χ4v) is 1.03. The van der Waals surface area contributed by atoms with E-state index in [4.69, 9.17) is 19.7 Å². The van der Waals surface area contributed by atoms with Gasteiger partial charge >= 0.3 is 11.9 Å². The van der Waals surface area contributed by atoms with E-state index in [1.165, 1.54) is 4.90 Å². The summed E-state index contributed by atoms with van der Waals surface area (Å²) in [5, 5.41) is 17.1. The molecule has 7 heteroatoms. The highest BCUT2D eigenvalue weighted by Crippen LogP contribution is 1.89. The van der Waals surface area contributed by atoms with Gasteiger partial charge in [0.1, 0.15) is 0 Å². The third-order valence-corrected chi connectivity index (χ3v) is 1.70. The fourth-order valence-electron chi connectivity index (χ4n) is 1.03. The van der Waals surface area contributed by atoms with Crippen molar-refractivity contribution >= 4 is 11.9 Å². The lowest BCUT2D eigenvalue weighted by Crippen LogP contribution is -2.37. The van der Waals surface area contributed by atoms with Gasteiger partial charge in [-0.1, -0.05) is 0 Å². The van der Waals surface area contributed by atoms with Gasteiger partial charge in [0.05, 0.1) is 32.9 Å². The zero-order valence-electron chi connectivity index (χ0n) is 9.22. The first-order valence-electron chi connectivity index (χ1n) is 4.79. The van der Waals surface area contributed by atoms with Crippen LogP contribution in [-0.4, -0.2) is 73.6 Å². The highest BCUT2D eigenvalue weighted by Gasteiger charge is 2.12. The molecule has 0 bridgehead atoms. The van der Waals surface area contributed by atoms with Crippen LogP contribution in [0, 0.1) is 0 Å². The van der Waals surface area contributed by atoms with Crippen LogP contribution in [0.1, 0.15) is 0 Å². The highest BCUT2D eigenvalue weighted by molar-refractivity contribution is 5.72. The third-order valence-electron chi connectivity index (χ3n) is 1.70. The number of nitrogens with zero attached hydrogens (tertiary/aromatic N) is 1. The lowest BCUT2D eigenvalue weighted by molar-refractivity contribution is -0.142. The van der Waals surface area contributed by atoms with Crippen LogP contribution < -0.4 is 0 Å². The molecule has 0 atom stereocenters. The van der Waals surface area contributed by atoms with E-state index in [1.807, 2.05) is 0 Å². The van der Waals surface area contributed by atoms with E-state index >= 15 is 0 Å². The smallest absolute Gasteiger partial charge is 0.317 e. The molecule has 0 spiro atoms. The van der Waals surface area contributed by atoms with Crippen molar-refractivity contribution < 1.29 is 29.3 Å². The van der Waals surface area contributed by atoms with Gasteiger partial charge in [-0.15, -0.1) is 0 Å². The molecule has 0 aliphatic rings. The van der Waals surface area contributed by atoms with Crippen LogP contribution >= 0.6 is 0 Å². The number of rotatable bonds is 10. The Bertz CT molecular complexity index is 204. The van der Waals surface area contributed by atoms with Gasteiger partial charge in [-0.2, -0.15) is 0 Å². The zero-order valence-corrected chi connectivity index (χ0v) is 9.22. The minimum atomic E-state index is -1.06. The van der Waals surface area contributed by atoms with E-state index in [2.05, 4.69) is 0 Å². The minimum absolute atomic E-state index is 0.266. The molecule has 16 heavy (non-hydrogen) atoms. The molecule has 94 valence electrons. The van der Waals surface area contributed by atoms with Crippen LogP contribution in [0.2, 0.25) is 0 Å². The quantitative estimate of drug-likeness (QED) is 0.475. The average molecular weight is 235 g/mol. The third kappa shape index (κ3) is 9.38. The SMILES string of the molecule is COCCOCCN(CC(=O)O)CC(=O)O. The summed E-state index contributed by atoms with van der Waals surface area (Å²) in [7, 11) is 1.55. The lowest BCUT2D eigenvalue weighted by Gasteiger charge is -2.17. The Morgan fingerprint density at radius 1 is 1.06 bits per heavy atom. The number of carboxylic acids is 2. The number of carboxylic acid groups (broad SMARTS) is 2. The number of hydrogen-bond acceptors (Lipinski definition) is 5. The van der Waals surface area contributed by atoms with Crippen LogP contribution in [0.15, 0.2) is 0 Å². The Balaban J connectivity index is 3.73. The molecule has 0 amide bonds. The van der Waals surface area contributed by atoms with Gasteiger partial charge in [0.25, 0.3) is 0 Å². The van der Waals surface area contributed by atoms with Crippen molar-refractivity contribution in [1.29, 1.82) is 0 Å². The normalized spacial score (nSPS) is 10.6. The Kier molecular flexibility index (Phi) is 8.41. The second-order valence-electron chi connectivity index (χ2n) is 3.10. The molecule has 0 radical (unpaired) electrons. The number of hydrogen-bond donors (Lipinski definition) is 2. The van der Waals surface area contributed by atoms with Gasteiger partial charge in [0, 0.05) is 13.7 Å². The van der Waals surface area contributed by atoms with Crippen molar-refractivity contribution in [2.75, 3.05) is 46.6 Å². The maximum atomic E-state index is 10.4. The molecule has 0 aromatic carbocycles. The fraction of sp³-hybridized carbons (Fsp3) is 0.778. The van der Waals surface area contributed by atoms with Crippen molar-refractivity contribution in [3.05, 3.63) is 0 Å². The molecule has 0 saturated carbocycles. The topological polar surface area (TPSA) is 96.3 Å². The Morgan fingerprint density at radius 2 is 1.62 bits per heavy atom. The molecule has 0 aromatic heterocycles. The van der Waals surface area contributed by atoms with E-state index in [9.17, 15) is 9.59 Å². The molecule has 0 fully saturated rings. The second-order valence-corrected chi connectivity index (χ2v) is 3.10. The largest absolute Gasteiger partial charge is 0.480 e. The molecule has 0 aliphatic heterocycles. The summed E-state index contributed by atoms with van der Waals surface area (Å²) in [4.78, 5) is 22.2. The van der Waals surface area contributed by atoms with Gasteiger partial charge < -0.3 is 19.7 Å². The summed E-state index contributed by atoms with van der Waals surface area (Å²) in [6.45, 7) is 0.800. The minimum Gasteiger partial charge on any atom is -0.480 e. The van der Waals surface area contributed by atoms with E-state index in [0.717, 1.165) is 0 Å². The van der Waals surface area contributed by atoms with Gasteiger partial charge in [-0.25, -0.2) is 0 Å². The van der Waals surface area contributed by atoms with Crippen molar-refractivity contribution in [1.82, 2.24) is 4.90 Å². The predicted molar refractivity (Wildman–Crippen MR) is 54.4 cm³/mol. The van der Waals surface area contributed by atoms with Crippen molar-refractivity contribution in [2.45, 2.75) is 0 Å². The number of ether oxygens (including phenoxy) is 2. The summed E-state index contributed by atoms with van der Waals surface area (Å²) >= 11 is 0. The van der Waals surface area contributed by atoms with Crippen molar-refractivity contribution in [3.8, 4) is 0 Å². The maximum absolute atomic E-state index is 10.4. The van der Waals surface area contributed by atoms with Crippen LogP contribution in [0.5, 0.6) is 0 Å². The summed E-state index contributed by atoms with van der Waals surface area (Å²) in [5.41, 5.74) is 0. The van der Waals surface area contributed by atoms with E-state index in [0.29, 0.717) is 13.2 Å². The van der Waals surface area contributed by atoms with Crippen LogP contribution in [0.4, 0.5) is 0 Å². The number of carbonyl (C=O) groups is 2. The summed E-state index contributed by atoms with van der Waals surface area (Å²) in [6.07, 6.45) is 0. The average Bonchev–Trinajstić information content (AvgIpc) is 2.15. The molecule has 0 unspecified atom stereocenters. The molecular weight excluding hydrogens is 218 g/mol. The predicted octanol–water partition coefficient (Wildman–Crippen LogP) is -0.879. The number of methoxy groups -OCH3 is 1. The first-order valence-corrected chi connectivity index (χ1v) is 4.79. The van der Waals surface area contributed by atoms with E-state index in [1.54, 1.807) is 7.11 Å². The Morgan fingerprint density at radius 3 is 2.06 bits per heavy atom. The highest BCUT2D eigenvalue weighted by atomic mass is 16.5. The molecule has 7 nitrogen and oxygen atoms in total. The van der Waals surface area contributed by atoms with E-state index in [-0.39, 0.29) is 26.2 Å². The van der Waals surface area contributed by atoms with Gasteiger partial charge in [0.15, 0.2) is 0 Å². The lowest BCUT2D eigenvalue weighted by atomic mass is 10.4. The second kappa shape index (κ2) is 9.08. The molecule has 0 aliphatic carbocycles. The first kappa shape index (κ1) is 14.8. The molecular formula is C9H17NO6. The summed E-state index contributed by atoms with van der Waals surface area (Å²) < 4.78 is 9.87. The molecule has 0 aromatic rings. The van der Waals surface area contributed by atoms with Crippen molar-refractivity contribution in [3.63, 3.8) is 0 Å². The Labute approximate surface area is 93.6 Å². The summed E-state index contributed by atoms with van der Waals surface area (Å²) in [6, 6.07) is 0. The van der Waals surface area contributed by atoms with Crippen LogP contribution in [0.25, 0.3) is 0 Å². The van der Waals surface area contributed by atoms with Crippen LogP contribution in [0.3, 0.4) is 0 Å². The molecule has 0 rings (SSSR count). The van der Waals surface area contributed by atoms with Gasteiger partial charge in [-0.3, -0.25) is 14.5 Å². The number of aliphatic carboxylic acids is 2.